The summed E-state index contributed by atoms with van der Waals surface area (Å²) in [7, 11) is 0. The molecule has 1 aromatic carbocycles. The van der Waals surface area contributed by atoms with Gasteiger partial charge in [-0.05, 0) is 38.1 Å². The summed E-state index contributed by atoms with van der Waals surface area (Å²) in [5, 5.41) is 22.4. The highest BCUT2D eigenvalue weighted by Gasteiger charge is 2.10. The fourth-order valence-corrected chi connectivity index (χ4v) is 2.75. The highest BCUT2D eigenvalue weighted by Crippen LogP contribution is 2.24. The molecule has 1 aromatic heterocycles. The number of para-hydroxylation sites is 2. The highest BCUT2D eigenvalue weighted by atomic mass is 16.4. The van der Waals surface area contributed by atoms with Gasteiger partial charge in [-0.15, -0.1) is 0 Å². The first-order chi connectivity index (χ1) is 13.4. The van der Waals surface area contributed by atoms with Gasteiger partial charge in [-0.3, -0.25) is 4.99 Å². The van der Waals surface area contributed by atoms with Crippen LogP contribution in [0.15, 0.2) is 53.5 Å². The number of carboxylic acids is 2. The molecule has 3 rings (SSSR count). The number of amidine groups is 1. The molecule has 0 unspecified atom stereocenters. The van der Waals surface area contributed by atoms with Gasteiger partial charge in [-0.25, -0.2) is 9.59 Å². The fraction of sp³-hybridized carbons (Fsp3) is 0.250. The van der Waals surface area contributed by atoms with Crippen LogP contribution in [0, 0.1) is 13.8 Å². The van der Waals surface area contributed by atoms with Gasteiger partial charge in [0.25, 0.3) is 0 Å². The number of carboxylic acid groups (broad SMARTS) is 2. The number of carbonyl (C=O) groups is 2. The normalized spacial score (nSPS) is 12.7. The lowest BCUT2D eigenvalue weighted by Gasteiger charge is -2.16. The van der Waals surface area contributed by atoms with E-state index < -0.39 is 11.9 Å². The number of hydrogen-bond donors (Lipinski definition) is 4. The predicted octanol–water partition coefficient (Wildman–Crippen LogP) is 2.22. The van der Waals surface area contributed by atoms with Gasteiger partial charge in [-0.2, -0.15) is 0 Å². The van der Waals surface area contributed by atoms with Crippen LogP contribution in [-0.2, 0) is 9.59 Å². The topological polar surface area (TPSA) is 116 Å². The van der Waals surface area contributed by atoms with Crippen LogP contribution in [0.25, 0.3) is 5.69 Å². The summed E-state index contributed by atoms with van der Waals surface area (Å²) in [6.45, 7) is 6.85. The van der Waals surface area contributed by atoms with Gasteiger partial charge >= 0.3 is 11.9 Å². The molecule has 4 N–H and O–H groups in total. The molecule has 28 heavy (non-hydrogen) atoms. The molecule has 0 aliphatic carbocycles. The maximum absolute atomic E-state index is 9.55. The first-order valence-corrected chi connectivity index (χ1v) is 8.78. The number of rotatable bonds is 6. The van der Waals surface area contributed by atoms with Gasteiger partial charge in [-0.1, -0.05) is 12.1 Å². The predicted molar refractivity (Wildman–Crippen MR) is 108 cm³/mol. The van der Waals surface area contributed by atoms with E-state index in [9.17, 15) is 9.59 Å². The Morgan fingerprint density at radius 1 is 1.11 bits per heavy atom. The molecule has 0 amide bonds. The Bertz CT molecular complexity index is 864. The second kappa shape index (κ2) is 9.96. The van der Waals surface area contributed by atoms with Crippen molar-refractivity contribution in [2.75, 3.05) is 25.0 Å². The third kappa shape index (κ3) is 6.01. The summed E-state index contributed by atoms with van der Waals surface area (Å²) in [6.07, 6.45) is 1.12. The van der Waals surface area contributed by atoms with Gasteiger partial charge in [0.1, 0.15) is 5.84 Å². The van der Waals surface area contributed by atoms with Gasteiger partial charge in [0.05, 0.1) is 24.5 Å². The van der Waals surface area contributed by atoms with E-state index in [1.165, 1.54) is 17.1 Å². The number of aromatic nitrogens is 1. The van der Waals surface area contributed by atoms with Crippen molar-refractivity contribution in [1.82, 2.24) is 9.88 Å². The Morgan fingerprint density at radius 3 is 2.25 bits per heavy atom. The van der Waals surface area contributed by atoms with E-state index in [0.717, 1.165) is 31.2 Å². The van der Waals surface area contributed by atoms with Crippen LogP contribution in [0.4, 0.5) is 5.69 Å². The maximum atomic E-state index is 9.55. The first-order valence-electron chi connectivity index (χ1n) is 8.78. The third-order valence-corrected chi connectivity index (χ3v) is 3.97. The quantitative estimate of drug-likeness (QED) is 0.568. The lowest BCUT2D eigenvalue weighted by atomic mass is 10.2. The van der Waals surface area contributed by atoms with Crippen molar-refractivity contribution in [3.63, 3.8) is 0 Å². The molecule has 148 valence electrons. The van der Waals surface area contributed by atoms with Crippen molar-refractivity contribution in [3.8, 4) is 5.69 Å². The number of aliphatic carboxylic acids is 2. The molecule has 1 aliphatic rings. The molecule has 2 heterocycles. The molecule has 8 nitrogen and oxygen atoms in total. The van der Waals surface area contributed by atoms with Crippen LogP contribution in [0.2, 0.25) is 0 Å². The van der Waals surface area contributed by atoms with Crippen molar-refractivity contribution in [1.29, 1.82) is 0 Å². The monoisotopic (exact) mass is 384 g/mol. The Kier molecular flexibility index (Phi) is 7.38. The van der Waals surface area contributed by atoms with E-state index in [0.29, 0.717) is 12.2 Å². The molecule has 0 radical (unpaired) electrons. The fourth-order valence-electron chi connectivity index (χ4n) is 2.75. The molecular formula is C20H24N4O4. The maximum Gasteiger partial charge on any atom is 0.328 e. The molecule has 0 fully saturated rings. The van der Waals surface area contributed by atoms with Crippen molar-refractivity contribution in [2.24, 2.45) is 4.99 Å². The number of aliphatic imine (C=N–C) groups is 1. The molecule has 8 heteroatoms. The number of nitrogens with one attached hydrogen (secondary N) is 2. The Hall–Kier alpha value is -3.55. The van der Waals surface area contributed by atoms with Crippen molar-refractivity contribution in [3.05, 3.63) is 59.9 Å². The van der Waals surface area contributed by atoms with Crippen LogP contribution in [0.5, 0.6) is 0 Å². The van der Waals surface area contributed by atoms with Crippen LogP contribution >= 0.6 is 0 Å². The second-order valence-corrected chi connectivity index (χ2v) is 6.09. The van der Waals surface area contributed by atoms with E-state index in [-0.39, 0.29) is 0 Å². The molecule has 0 bridgehead atoms. The van der Waals surface area contributed by atoms with Gasteiger partial charge < -0.3 is 25.4 Å². The lowest BCUT2D eigenvalue weighted by molar-refractivity contribution is -0.134. The highest BCUT2D eigenvalue weighted by molar-refractivity contribution is 5.89. The van der Waals surface area contributed by atoms with E-state index in [1.54, 1.807) is 0 Å². The summed E-state index contributed by atoms with van der Waals surface area (Å²) in [5.41, 5.74) is 4.80. The Morgan fingerprint density at radius 2 is 1.71 bits per heavy atom. The number of anilines is 1. The van der Waals surface area contributed by atoms with Crippen molar-refractivity contribution in [2.45, 2.75) is 13.8 Å². The molecule has 0 atom stereocenters. The molecule has 0 saturated carbocycles. The second-order valence-electron chi connectivity index (χ2n) is 6.09. The summed E-state index contributed by atoms with van der Waals surface area (Å²) in [6, 6.07) is 12.7. The van der Waals surface area contributed by atoms with E-state index in [4.69, 9.17) is 10.2 Å². The molecule has 0 saturated heterocycles. The number of benzene rings is 1. The standard InChI is InChI=1S/C16H20N4.C4H4O4/c1-12-7-8-13(2)20(12)15-6-4-3-5-14(15)19-11-16-17-9-10-18-16;5-3(6)1-2-4(7)8/h3-8,19H,9-11H2,1-2H3,(H,17,18);1-2H,(H,5,6)(H,7,8)/b;2-1+. The van der Waals surface area contributed by atoms with E-state index >= 15 is 0 Å². The zero-order chi connectivity index (χ0) is 20.5. The van der Waals surface area contributed by atoms with Crippen LogP contribution in [0.1, 0.15) is 11.4 Å². The largest absolute Gasteiger partial charge is 0.478 e. The number of hydrogen-bond acceptors (Lipinski definition) is 5. The minimum absolute atomic E-state index is 0.558. The molecule has 0 spiro atoms. The summed E-state index contributed by atoms with van der Waals surface area (Å²) in [4.78, 5) is 23.5. The molecular weight excluding hydrogens is 360 g/mol. The lowest BCUT2D eigenvalue weighted by Crippen LogP contribution is -2.26. The molecule has 2 aromatic rings. The Balaban J connectivity index is 0.000000300. The number of nitrogens with zero attached hydrogens (tertiary/aromatic N) is 2. The summed E-state index contributed by atoms with van der Waals surface area (Å²) < 4.78 is 2.27. The zero-order valence-electron chi connectivity index (χ0n) is 15.8. The minimum atomic E-state index is -1.26. The van der Waals surface area contributed by atoms with Gasteiger partial charge in [0.15, 0.2) is 0 Å². The smallest absolute Gasteiger partial charge is 0.328 e. The average molecular weight is 384 g/mol. The van der Waals surface area contributed by atoms with Crippen LogP contribution < -0.4 is 10.6 Å². The van der Waals surface area contributed by atoms with E-state index in [1.807, 2.05) is 0 Å². The third-order valence-electron chi connectivity index (χ3n) is 3.97. The van der Waals surface area contributed by atoms with Crippen molar-refractivity contribution < 1.29 is 19.8 Å². The minimum Gasteiger partial charge on any atom is -0.478 e. The molecule has 1 aliphatic heterocycles. The van der Waals surface area contributed by atoms with Crippen LogP contribution in [0.3, 0.4) is 0 Å². The average Bonchev–Trinajstić information content (AvgIpc) is 3.29. The zero-order valence-corrected chi connectivity index (χ0v) is 15.8. The summed E-state index contributed by atoms with van der Waals surface area (Å²) in [5.74, 6) is -1.47. The van der Waals surface area contributed by atoms with Crippen LogP contribution in [-0.4, -0.2) is 52.2 Å². The number of aryl methyl sites for hydroxylation is 2. The van der Waals surface area contributed by atoms with E-state index in [2.05, 4.69) is 70.4 Å². The summed E-state index contributed by atoms with van der Waals surface area (Å²) >= 11 is 0. The van der Waals surface area contributed by atoms with Gasteiger partial charge in [0, 0.05) is 30.1 Å². The van der Waals surface area contributed by atoms with Crippen molar-refractivity contribution >= 4 is 23.5 Å². The first kappa shape index (κ1) is 20.8. The SMILES string of the molecule is Cc1ccc(C)n1-c1ccccc1NCC1=NCCN1.O=C(O)/C=C/C(=O)O. The van der Waals surface area contributed by atoms with Gasteiger partial charge in [0.2, 0.25) is 0 Å². The Labute approximate surface area is 163 Å².